The Hall–Kier alpha value is -2.02. The second kappa shape index (κ2) is 11.5. The average Bonchev–Trinajstić information content (AvgIpc) is 2.60. The summed E-state index contributed by atoms with van der Waals surface area (Å²) in [5, 5.41) is 27.9. The van der Waals surface area contributed by atoms with Gasteiger partial charge in [-0.05, 0) is 22.8 Å². The van der Waals surface area contributed by atoms with E-state index in [0.29, 0.717) is 5.56 Å². The summed E-state index contributed by atoms with van der Waals surface area (Å²) in [5.41, 5.74) is 0.551. The van der Waals surface area contributed by atoms with Crippen molar-refractivity contribution in [2.24, 2.45) is 10.9 Å². The third-order valence-corrected chi connectivity index (χ3v) is 3.20. The number of phenols is 1. The SMILES string of the molecule is CC(C)[C@H](N=Cc1c(O)ccc2ccccc12)C(=O)O.CO.[O]=[V]. The van der Waals surface area contributed by atoms with Crippen molar-refractivity contribution in [2.75, 3.05) is 7.11 Å². The number of phenolic OH excluding ortho intramolecular Hbond substituents is 1. The first-order valence-corrected chi connectivity index (χ1v) is 7.67. The zero-order valence-corrected chi connectivity index (χ0v) is 15.1. The van der Waals surface area contributed by atoms with E-state index in [4.69, 9.17) is 13.9 Å². The minimum atomic E-state index is -0.962. The molecule has 0 aliphatic heterocycles. The van der Waals surface area contributed by atoms with Crippen LogP contribution in [0.2, 0.25) is 0 Å². The number of aliphatic hydroxyl groups is 1. The Labute approximate surface area is 150 Å². The number of aliphatic imine (C=N–C) groups is 1. The van der Waals surface area contributed by atoms with Gasteiger partial charge in [-0.25, -0.2) is 4.79 Å². The van der Waals surface area contributed by atoms with E-state index in [1.54, 1.807) is 19.9 Å². The van der Waals surface area contributed by atoms with Gasteiger partial charge in [0.1, 0.15) is 11.8 Å². The first kappa shape index (κ1) is 22.0. The molecule has 1 atom stereocenters. The molecule has 0 radical (unpaired) electrons. The molecule has 0 spiro atoms. The molecule has 0 amide bonds. The summed E-state index contributed by atoms with van der Waals surface area (Å²) in [7, 11) is 1.00. The van der Waals surface area contributed by atoms with E-state index in [-0.39, 0.29) is 11.7 Å². The third kappa shape index (κ3) is 5.88. The van der Waals surface area contributed by atoms with E-state index in [2.05, 4.69) is 4.99 Å². The van der Waals surface area contributed by atoms with Gasteiger partial charge in [0.05, 0.1) is 0 Å². The van der Waals surface area contributed by atoms with Gasteiger partial charge in [-0.1, -0.05) is 44.2 Å². The van der Waals surface area contributed by atoms with Crippen LogP contribution in [0, 0.1) is 5.92 Å². The zero-order chi connectivity index (χ0) is 18.7. The molecule has 0 bridgehead atoms. The molecule has 0 aromatic heterocycles. The van der Waals surface area contributed by atoms with E-state index in [1.807, 2.05) is 30.3 Å². The van der Waals surface area contributed by atoms with Crippen molar-refractivity contribution in [1.29, 1.82) is 0 Å². The van der Waals surface area contributed by atoms with Crippen LogP contribution < -0.4 is 0 Å². The summed E-state index contributed by atoms with van der Waals surface area (Å²) in [4.78, 5) is 15.3. The number of carbonyl (C=O) groups is 1. The molecule has 0 fully saturated rings. The number of nitrogens with zero attached hydrogens (tertiary/aromatic N) is 1. The van der Waals surface area contributed by atoms with Gasteiger partial charge in [0.2, 0.25) is 0 Å². The summed E-state index contributed by atoms with van der Waals surface area (Å²) < 4.78 is 8.19. The molecule has 0 heterocycles. The summed E-state index contributed by atoms with van der Waals surface area (Å²) >= 11 is 1.06. The summed E-state index contributed by atoms with van der Waals surface area (Å²) in [5.74, 6) is -0.975. The number of hydrogen-bond donors (Lipinski definition) is 3. The molecule has 2 rings (SSSR count). The van der Waals surface area contributed by atoms with Crippen LogP contribution in [-0.2, 0) is 25.8 Å². The van der Waals surface area contributed by atoms with Crippen molar-refractivity contribution in [3.63, 3.8) is 0 Å². The standard InChI is InChI=1S/C16H17NO3.CH4O.O.V/c1-10(2)15(16(19)20)17-9-13-12-6-4-3-5-11(12)7-8-14(13)18;1-2;;/h3-10,15,18H,1-2H3,(H,19,20);2H,1H3;;/t15-;;;/m0.../s1. The molecule has 24 heavy (non-hydrogen) atoms. The maximum atomic E-state index is 11.1. The molecular weight excluding hydrogens is 349 g/mol. The Balaban J connectivity index is 0.00000123. The summed E-state index contributed by atoms with van der Waals surface area (Å²) in [6.07, 6.45) is 1.45. The summed E-state index contributed by atoms with van der Waals surface area (Å²) in [6.45, 7) is 3.61. The number of carboxylic acid groups (broad SMARTS) is 1. The van der Waals surface area contributed by atoms with E-state index in [0.717, 1.165) is 35.3 Å². The van der Waals surface area contributed by atoms with Crippen LogP contribution in [0.25, 0.3) is 10.8 Å². The van der Waals surface area contributed by atoms with Gasteiger partial charge >= 0.3 is 27.0 Å². The molecule has 0 aliphatic rings. The monoisotopic (exact) mass is 370 g/mol. The third-order valence-electron chi connectivity index (χ3n) is 3.20. The Morgan fingerprint density at radius 1 is 1.12 bits per heavy atom. The molecule has 0 unspecified atom stereocenters. The van der Waals surface area contributed by atoms with Crippen molar-refractivity contribution >= 4 is 23.0 Å². The van der Waals surface area contributed by atoms with Crippen LogP contribution >= 0.6 is 0 Å². The number of rotatable bonds is 4. The molecule has 129 valence electrons. The fourth-order valence-electron chi connectivity index (χ4n) is 2.10. The first-order valence-electron chi connectivity index (χ1n) is 7.10. The number of fused-ring (bicyclic) bond motifs is 1. The van der Waals surface area contributed by atoms with Gasteiger partial charge in [0.15, 0.2) is 0 Å². The normalized spacial score (nSPS) is 11.3. The van der Waals surface area contributed by atoms with Crippen LogP contribution in [0.1, 0.15) is 19.4 Å². The van der Waals surface area contributed by atoms with Gasteiger partial charge in [-0.15, -0.1) is 0 Å². The Kier molecular flexibility index (Phi) is 10.5. The van der Waals surface area contributed by atoms with Crippen molar-refractivity contribution in [3.8, 4) is 5.75 Å². The predicted octanol–water partition coefficient (Wildman–Crippen LogP) is 2.56. The molecule has 2 aromatic carbocycles. The van der Waals surface area contributed by atoms with E-state index < -0.39 is 12.0 Å². The van der Waals surface area contributed by atoms with Crippen LogP contribution in [0.4, 0.5) is 0 Å². The second-order valence-corrected chi connectivity index (χ2v) is 5.02. The molecule has 0 aliphatic carbocycles. The minimum absolute atomic E-state index is 0.0975. The van der Waals surface area contributed by atoms with Crippen LogP contribution in [0.15, 0.2) is 41.4 Å². The van der Waals surface area contributed by atoms with Gasteiger partial charge in [0.25, 0.3) is 0 Å². The Morgan fingerprint density at radius 2 is 1.71 bits per heavy atom. The van der Waals surface area contributed by atoms with Crippen molar-refractivity contribution in [1.82, 2.24) is 0 Å². The number of hydrogen-bond acceptors (Lipinski definition) is 5. The van der Waals surface area contributed by atoms with Crippen LogP contribution in [0.3, 0.4) is 0 Å². The van der Waals surface area contributed by atoms with Crippen molar-refractivity contribution in [3.05, 3.63) is 42.0 Å². The number of aliphatic hydroxyl groups excluding tert-OH is 1. The van der Waals surface area contributed by atoms with E-state index in [9.17, 15) is 9.90 Å². The van der Waals surface area contributed by atoms with Gasteiger partial charge in [0, 0.05) is 18.9 Å². The molecule has 0 saturated heterocycles. The molecule has 2 aromatic rings. The van der Waals surface area contributed by atoms with Gasteiger partial charge in [-0.2, -0.15) is 0 Å². The quantitative estimate of drug-likeness (QED) is 0.717. The fraction of sp³-hybridized carbons (Fsp3) is 0.294. The van der Waals surface area contributed by atoms with Crippen LogP contribution in [0.5, 0.6) is 5.75 Å². The zero-order valence-electron chi connectivity index (χ0n) is 13.7. The number of benzene rings is 2. The molecule has 7 heteroatoms. The predicted molar refractivity (Wildman–Crippen MR) is 88.3 cm³/mol. The summed E-state index contributed by atoms with van der Waals surface area (Å²) in [6, 6.07) is 10.2. The average molecular weight is 370 g/mol. The molecule has 0 saturated carbocycles. The van der Waals surface area contributed by atoms with Crippen molar-refractivity contribution < 1.29 is 41.2 Å². The van der Waals surface area contributed by atoms with E-state index >= 15 is 0 Å². The Bertz CT molecular complexity index is 688. The molecular formula is C17H21NO5V. The van der Waals surface area contributed by atoms with Gasteiger partial charge < -0.3 is 15.3 Å². The molecule has 6 nitrogen and oxygen atoms in total. The van der Waals surface area contributed by atoms with Crippen LogP contribution in [-0.4, -0.2) is 40.7 Å². The number of carboxylic acids is 1. The number of aliphatic carboxylic acids is 1. The first-order chi connectivity index (χ1) is 11.5. The second-order valence-electron chi connectivity index (χ2n) is 5.02. The van der Waals surface area contributed by atoms with Crippen molar-refractivity contribution in [2.45, 2.75) is 19.9 Å². The molecule has 3 N–H and O–H groups in total. The topological polar surface area (TPSA) is 107 Å². The van der Waals surface area contributed by atoms with Gasteiger partial charge in [-0.3, -0.25) is 4.99 Å². The maximum absolute atomic E-state index is 11.1. The Morgan fingerprint density at radius 3 is 2.25 bits per heavy atom. The number of aromatic hydroxyl groups is 1. The fourth-order valence-corrected chi connectivity index (χ4v) is 2.10. The van der Waals surface area contributed by atoms with E-state index in [1.165, 1.54) is 6.21 Å².